The van der Waals surface area contributed by atoms with E-state index in [9.17, 15) is 10.2 Å². The predicted octanol–water partition coefficient (Wildman–Crippen LogP) is 5.82. The molecular formula is C26H26O4Y2. The van der Waals surface area contributed by atoms with E-state index in [1.807, 2.05) is 38.1 Å². The molecule has 0 saturated carbocycles. The normalized spacial score (nSPS) is 11.4. The van der Waals surface area contributed by atoms with Crippen molar-refractivity contribution in [2.45, 2.75) is 26.7 Å². The van der Waals surface area contributed by atoms with Crippen molar-refractivity contribution in [3.05, 3.63) is 70.8 Å². The maximum atomic E-state index is 11.1. The molecule has 0 aliphatic heterocycles. The monoisotopic (exact) mass is 580 g/mol. The number of aromatic hydroxyl groups is 2. The van der Waals surface area contributed by atoms with E-state index in [1.54, 1.807) is 12.2 Å². The SMILES string of the molecule is C=Cc1c(O)c2c(c(OCC)c1C=C)Cc1c(c(O)c3ccccc3c1OCC)C2.[Y].[Y]. The molecule has 4 nitrogen and oxygen atoms in total. The zero-order valence-electron chi connectivity index (χ0n) is 18.6. The van der Waals surface area contributed by atoms with Gasteiger partial charge in [0.05, 0.1) is 13.2 Å². The Morgan fingerprint density at radius 3 is 1.84 bits per heavy atom. The molecule has 0 saturated heterocycles. The Kier molecular flexibility index (Phi) is 9.55. The number of ether oxygens (including phenoxy) is 2. The van der Waals surface area contributed by atoms with Gasteiger partial charge in [-0.15, -0.1) is 0 Å². The van der Waals surface area contributed by atoms with Gasteiger partial charge in [0.1, 0.15) is 23.0 Å². The Morgan fingerprint density at radius 1 is 0.750 bits per heavy atom. The molecule has 0 spiro atoms. The van der Waals surface area contributed by atoms with Crippen molar-refractivity contribution < 1.29 is 85.1 Å². The average Bonchev–Trinajstić information content (AvgIpc) is 2.77. The van der Waals surface area contributed by atoms with Gasteiger partial charge in [-0.25, -0.2) is 0 Å². The number of phenols is 2. The van der Waals surface area contributed by atoms with Crippen molar-refractivity contribution in [3.8, 4) is 23.0 Å². The summed E-state index contributed by atoms with van der Waals surface area (Å²) in [5, 5.41) is 23.8. The Hall–Kier alpha value is -1.19. The molecule has 1 aliphatic carbocycles. The minimum atomic E-state index is 0. The van der Waals surface area contributed by atoms with Crippen LogP contribution < -0.4 is 9.47 Å². The summed E-state index contributed by atoms with van der Waals surface area (Å²) in [6.45, 7) is 12.7. The summed E-state index contributed by atoms with van der Waals surface area (Å²) < 4.78 is 12.1. The predicted molar refractivity (Wildman–Crippen MR) is 122 cm³/mol. The summed E-state index contributed by atoms with van der Waals surface area (Å²) in [5.41, 5.74) is 4.69. The van der Waals surface area contributed by atoms with Crippen LogP contribution in [0.1, 0.15) is 47.2 Å². The van der Waals surface area contributed by atoms with Crippen LogP contribution in [0.5, 0.6) is 23.0 Å². The molecule has 0 unspecified atom stereocenters. The van der Waals surface area contributed by atoms with Crippen LogP contribution in [0.3, 0.4) is 0 Å². The number of rotatable bonds is 6. The third kappa shape index (κ3) is 4.32. The maximum absolute atomic E-state index is 11.1. The van der Waals surface area contributed by atoms with Gasteiger partial charge in [-0.3, -0.25) is 0 Å². The van der Waals surface area contributed by atoms with Crippen molar-refractivity contribution in [1.82, 2.24) is 0 Å². The Balaban J connectivity index is 0.00000181. The van der Waals surface area contributed by atoms with Gasteiger partial charge in [0.2, 0.25) is 0 Å². The van der Waals surface area contributed by atoms with Crippen molar-refractivity contribution >= 4 is 22.9 Å². The second-order valence-corrected chi connectivity index (χ2v) is 7.27. The Bertz CT molecular complexity index is 1180. The van der Waals surface area contributed by atoms with Crippen LogP contribution in [0.25, 0.3) is 22.9 Å². The van der Waals surface area contributed by atoms with Gasteiger partial charge in [-0.2, -0.15) is 0 Å². The Morgan fingerprint density at radius 2 is 1.25 bits per heavy atom. The fourth-order valence-electron chi connectivity index (χ4n) is 4.48. The number of benzene rings is 3. The van der Waals surface area contributed by atoms with E-state index in [1.165, 1.54) is 0 Å². The number of phenolic OH excluding ortho intramolecular Hbond substituents is 2. The molecule has 0 fully saturated rings. The number of fused-ring (bicyclic) bond motifs is 3. The molecule has 0 bridgehead atoms. The molecule has 6 heteroatoms. The number of hydrogen-bond donors (Lipinski definition) is 2. The third-order valence-corrected chi connectivity index (χ3v) is 5.76. The van der Waals surface area contributed by atoms with Gasteiger partial charge >= 0.3 is 0 Å². The van der Waals surface area contributed by atoms with E-state index in [4.69, 9.17) is 9.47 Å². The van der Waals surface area contributed by atoms with Crippen LogP contribution in [-0.4, -0.2) is 23.4 Å². The van der Waals surface area contributed by atoms with Crippen LogP contribution in [-0.2, 0) is 78.3 Å². The van der Waals surface area contributed by atoms with Crippen LogP contribution in [0, 0.1) is 0 Å². The quantitative estimate of drug-likeness (QED) is 0.302. The molecule has 2 radical (unpaired) electrons. The van der Waals surface area contributed by atoms with Crippen LogP contribution in [0.15, 0.2) is 37.4 Å². The van der Waals surface area contributed by atoms with E-state index in [0.717, 1.165) is 44.3 Å². The number of hydrogen-bond acceptors (Lipinski definition) is 4. The molecule has 4 rings (SSSR count). The summed E-state index contributed by atoms with van der Waals surface area (Å²) in [6, 6.07) is 7.70. The van der Waals surface area contributed by atoms with Gasteiger partial charge in [-0.05, 0) is 13.8 Å². The van der Waals surface area contributed by atoms with Crippen LogP contribution in [0.4, 0.5) is 0 Å². The standard InChI is InChI=1S/C26H26O4.2Y/c1-5-15-16(6-2)25(29-7-3)21-14-22-20(13-19(21)23(15)27)24(28)17-11-9-10-12-18(17)26(22)30-8-4;;/h5-6,9-12,27-28H,1-2,7-8,13-14H2,3-4H3;;. The molecule has 3 aromatic carbocycles. The van der Waals surface area contributed by atoms with E-state index in [0.29, 0.717) is 37.4 Å². The molecular weight excluding hydrogens is 554 g/mol. The maximum Gasteiger partial charge on any atom is 0.131 e. The molecule has 2 N–H and O–H groups in total. The van der Waals surface area contributed by atoms with Gasteiger partial charge < -0.3 is 19.7 Å². The fraction of sp³-hybridized carbons (Fsp3) is 0.231. The van der Waals surface area contributed by atoms with Gasteiger partial charge in [-0.1, -0.05) is 49.6 Å². The molecule has 160 valence electrons. The topological polar surface area (TPSA) is 58.9 Å². The van der Waals surface area contributed by atoms with Crippen molar-refractivity contribution in [2.24, 2.45) is 0 Å². The zero-order chi connectivity index (χ0) is 21.4. The van der Waals surface area contributed by atoms with Crippen LogP contribution >= 0.6 is 0 Å². The first-order valence-corrected chi connectivity index (χ1v) is 10.2. The first-order chi connectivity index (χ1) is 14.6. The molecule has 1 aliphatic rings. The van der Waals surface area contributed by atoms with Crippen LogP contribution in [0.2, 0.25) is 0 Å². The molecule has 0 atom stereocenters. The minimum absolute atomic E-state index is 0. The van der Waals surface area contributed by atoms with Gasteiger partial charge in [0.15, 0.2) is 0 Å². The summed E-state index contributed by atoms with van der Waals surface area (Å²) in [7, 11) is 0. The summed E-state index contributed by atoms with van der Waals surface area (Å²) in [6.07, 6.45) is 4.18. The van der Waals surface area contributed by atoms with E-state index < -0.39 is 0 Å². The van der Waals surface area contributed by atoms with E-state index in [2.05, 4.69) is 13.2 Å². The molecule has 32 heavy (non-hydrogen) atoms. The second kappa shape index (κ2) is 11.3. The molecule has 3 aromatic rings. The zero-order valence-corrected chi connectivity index (χ0v) is 24.2. The first kappa shape index (κ1) is 27.1. The van der Waals surface area contributed by atoms with Gasteiger partial charge in [0, 0.05) is 122 Å². The summed E-state index contributed by atoms with van der Waals surface area (Å²) >= 11 is 0. The van der Waals surface area contributed by atoms with Crippen molar-refractivity contribution in [2.75, 3.05) is 13.2 Å². The minimum Gasteiger partial charge on any atom is -0.507 e. The molecule has 0 amide bonds. The van der Waals surface area contributed by atoms with Crippen molar-refractivity contribution in [1.29, 1.82) is 0 Å². The van der Waals surface area contributed by atoms with E-state index >= 15 is 0 Å². The average molecular weight is 580 g/mol. The first-order valence-electron chi connectivity index (χ1n) is 10.2. The summed E-state index contributed by atoms with van der Waals surface area (Å²) in [5.74, 6) is 1.88. The van der Waals surface area contributed by atoms with E-state index in [-0.39, 0.29) is 76.9 Å². The van der Waals surface area contributed by atoms with Gasteiger partial charge in [0.25, 0.3) is 0 Å². The smallest absolute Gasteiger partial charge is 0.131 e. The largest absolute Gasteiger partial charge is 0.507 e. The second-order valence-electron chi connectivity index (χ2n) is 7.27. The molecule has 0 aromatic heterocycles. The third-order valence-electron chi connectivity index (χ3n) is 5.76. The molecule has 0 heterocycles. The fourth-order valence-corrected chi connectivity index (χ4v) is 4.48. The van der Waals surface area contributed by atoms with Crippen molar-refractivity contribution in [3.63, 3.8) is 0 Å². The Labute approximate surface area is 239 Å². The summed E-state index contributed by atoms with van der Waals surface area (Å²) in [4.78, 5) is 0.